The Hall–Kier alpha value is -3.74. The van der Waals surface area contributed by atoms with Crippen molar-refractivity contribution in [2.24, 2.45) is 0 Å². The molecule has 2 N–H and O–H groups in total. The molecule has 3 aromatic rings. The number of carbonyl (C=O) groups is 2. The van der Waals surface area contributed by atoms with Crippen LogP contribution in [0.15, 0.2) is 60.9 Å². The average Bonchev–Trinajstić information content (AvgIpc) is 2.70. The molecular weight excluding hydrogens is 368 g/mol. The van der Waals surface area contributed by atoms with Crippen molar-refractivity contribution in [3.8, 4) is 5.75 Å². The van der Waals surface area contributed by atoms with E-state index in [1.807, 2.05) is 26.0 Å². The molecule has 7 heteroatoms. The largest absolute Gasteiger partial charge is 0.489 e. The monoisotopic (exact) mass is 390 g/mol. The van der Waals surface area contributed by atoms with Gasteiger partial charge in [0.05, 0.1) is 24.2 Å². The van der Waals surface area contributed by atoms with Crippen molar-refractivity contribution in [1.82, 2.24) is 9.97 Å². The van der Waals surface area contributed by atoms with Crippen LogP contribution in [0.5, 0.6) is 5.75 Å². The molecule has 0 fully saturated rings. The van der Waals surface area contributed by atoms with Crippen LogP contribution in [0.4, 0.5) is 17.2 Å². The Labute approximate surface area is 169 Å². The van der Waals surface area contributed by atoms with E-state index in [4.69, 9.17) is 4.74 Å². The van der Waals surface area contributed by atoms with Crippen LogP contribution in [0.1, 0.15) is 41.6 Å². The number of anilines is 3. The Morgan fingerprint density at radius 1 is 0.966 bits per heavy atom. The third-order valence-corrected chi connectivity index (χ3v) is 3.95. The molecule has 1 amide bonds. The maximum Gasteiger partial charge on any atom is 0.275 e. The topological polar surface area (TPSA) is 93.2 Å². The molecule has 2 aromatic carbocycles. The lowest BCUT2D eigenvalue weighted by Crippen LogP contribution is -2.16. The number of amides is 1. The number of carbonyl (C=O) groups excluding carboxylic acids is 2. The van der Waals surface area contributed by atoms with Gasteiger partial charge >= 0.3 is 0 Å². The molecule has 1 heterocycles. The Morgan fingerprint density at radius 2 is 1.69 bits per heavy atom. The third-order valence-electron chi connectivity index (χ3n) is 3.95. The molecule has 0 aliphatic heterocycles. The lowest BCUT2D eigenvalue weighted by Gasteiger charge is -2.14. The highest BCUT2D eigenvalue weighted by atomic mass is 16.5. The second-order valence-electron chi connectivity index (χ2n) is 6.66. The van der Waals surface area contributed by atoms with Crippen molar-refractivity contribution in [3.05, 3.63) is 72.2 Å². The summed E-state index contributed by atoms with van der Waals surface area (Å²) < 4.78 is 5.71. The first-order valence-electron chi connectivity index (χ1n) is 9.19. The van der Waals surface area contributed by atoms with Crippen LogP contribution in [0, 0.1) is 0 Å². The lowest BCUT2D eigenvalue weighted by molar-refractivity contribution is 0.101. The molecule has 0 unspecified atom stereocenters. The fourth-order valence-electron chi connectivity index (χ4n) is 2.56. The summed E-state index contributed by atoms with van der Waals surface area (Å²) >= 11 is 0. The maximum absolute atomic E-state index is 12.5. The summed E-state index contributed by atoms with van der Waals surface area (Å²) in [5, 5.41) is 5.88. The predicted octanol–water partition coefficient (Wildman–Crippen LogP) is 4.46. The number of hydrogen-bond acceptors (Lipinski definition) is 6. The van der Waals surface area contributed by atoms with Gasteiger partial charge in [-0.15, -0.1) is 0 Å². The molecule has 0 bridgehead atoms. The van der Waals surface area contributed by atoms with E-state index < -0.39 is 0 Å². The highest BCUT2D eigenvalue weighted by Crippen LogP contribution is 2.25. The number of nitrogens with one attached hydrogen (secondary N) is 2. The number of para-hydroxylation sites is 2. The van der Waals surface area contributed by atoms with Gasteiger partial charge in [0, 0.05) is 11.3 Å². The Bertz CT molecular complexity index is 999. The molecule has 3 rings (SSSR count). The number of hydrogen-bond donors (Lipinski definition) is 2. The summed E-state index contributed by atoms with van der Waals surface area (Å²) in [6.07, 6.45) is 2.86. The normalized spacial score (nSPS) is 10.5. The first-order chi connectivity index (χ1) is 13.9. The van der Waals surface area contributed by atoms with E-state index in [1.54, 1.807) is 36.4 Å². The summed E-state index contributed by atoms with van der Waals surface area (Å²) in [6, 6.07) is 14.3. The minimum absolute atomic E-state index is 0.00655. The molecule has 29 heavy (non-hydrogen) atoms. The second kappa shape index (κ2) is 8.97. The van der Waals surface area contributed by atoms with Gasteiger partial charge in [-0.1, -0.05) is 12.1 Å². The minimum atomic E-state index is -0.380. The zero-order chi connectivity index (χ0) is 20.8. The smallest absolute Gasteiger partial charge is 0.275 e. The molecule has 0 saturated carbocycles. The predicted molar refractivity (Wildman–Crippen MR) is 112 cm³/mol. The van der Waals surface area contributed by atoms with Gasteiger partial charge in [0.25, 0.3) is 5.91 Å². The molecule has 0 aliphatic carbocycles. The van der Waals surface area contributed by atoms with E-state index in [-0.39, 0.29) is 23.5 Å². The van der Waals surface area contributed by atoms with Crippen LogP contribution < -0.4 is 15.4 Å². The number of ketones is 1. The summed E-state index contributed by atoms with van der Waals surface area (Å²) in [5.41, 5.74) is 2.15. The fraction of sp³-hybridized carbons (Fsp3) is 0.182. The number of rotatable bonds is 7. The van der Waals surface area contributed by atoms with Crippen molar-refractivity contribution < 1.29 is 14.3 Å². The Kier molecular flexibility index (Phi) is 6.19. The first kappa shape index (κ1) is 20.0. The van der Waals surface area contributed by atoms with Gasteiger partial charge in [-0.25, -0.2) is 9.97 Å². The van der Waals surface area contributed by atoms with E-state index >= 15 is 0 Å². The Balaban J connectivity index is 1.67. The summed E-state index contributed by atoms with van der Waals surface area (Å²) in [4.78, 5) is 32.2. The third kappa shape index (κ3) is 5.38. The van der Waals surface area contributed by atoms with E-state index in [0.717, 1.165) is 5.69 Å². The van der Waals surface area contributed by atoms with Gasteiger partial charge in [0.1, 0.15) is 17.3 Å². The van der Waals surface area contributed by atoms with Crippen molar-refractivity contribution in [1.29, 1.82) is 0 Å². The van der Waals surface area contributed by atoms with Crippen molar-refractivity contribution in [2.75, 3.05) is 10.6 Å². The molecule has 0 spiro atoms. The highest BCUT2D eigenvalue weighted by molar-refractivity contribution is 6.03. The standard InChI is InChI=1S/C22H22N4O3/c1-14(2)29-20-7-5-4-6-18(20)26-22(28)19-12-24-21(13-23-19)25-17-10-8-16(9-11-17)15(3)27/h4-14H,1-3H3,(H,24,25)(H,26,28). The van der Waals surface area contributed by atoms with Crippen LogP contribution in [0.3, 0.4) is 0 Å². The molecule has 0 radical (unpaired) electrons. The van der Waals surface area contributed by atoms with Crippen LogP contribution in [-0.2, 0) is 0 Å². The van der Waals surface area contributed by atoms with Gasteiger partial charge in [0.2, 0.25) is 0 Å². The lowest BCUT2D eigenvalue weighted by atomic mass is 10.1. The van der Waals surface area contributed by atoms with Gasteiger partial charge in [-0.2, -0.15) is 0 Å². The van der Waals surface area contributed by atoms with Crippen molar-refractivity contribution in [2.45, 2.75) is 26.9 Å². The van der Waals surface area contributed by atoms with Crippen LogP contribution >= 0.6 is 0 Å². The average molecular weight is 390 g/mol. The highest BCUT2D eigenvalue weighted by Gasteiger charge is 2.12. The first-order valence-corrected chi connectivity index (χ1v) is 9.19. The van der Waals surface area contributed by atoms with Crippen molar-refractivity contribution in [3.63, 3.8) is 0 Å². The van der Waals surface area contributed by atoms with E-state index in [0.29, 0.717) is 22.8 Å². The van der Waals surface area contributed by atoms with E-state index in [2.05, 4.69) is 20.6 Å². The van der Waals surface area contributed by atoms with Crippen LogP contribution in [0.25, 0.3) is 0 Å². The SMILES string of the molecule is CC(=O)c1ccc(Nc2cnc(C(=O)Nc3ccccc3OC(C)C)cn2)cc1. The molecular formula is C22H22N4O3. The van der Waals surface area contributed by atoms with Gasteiger partial charge in [-0.3, -0.25) is 9.59 Å². The quantitative estimate of drug-likeness (QED) is 0.579. The molecule has 0 atom stereocenters. The fourth-order valence-corrected chi connectivity index (χ4v) is 2.56. The maximum atomic E-state index is 12.5. The number of aromatic nitrogens is 2. The number of nitrogens with zero attached hydrogens (tertiary/aromatic N) is 2. The summed E-state index contributed by atoms with van der Waals surface area (Å²) in [6.45, 7) is 5.36. The van der Waals surface area contributed by atoms with Crippen molar-refractivity contribution >= 4 is 28.9 Å². The second-order valence-corrected chi connectivity index (χ2v) is 6.66. The molecule has 0 saturated heterocycles. The Morgan fingerprint density at radius 3 is 2.31 bits per heavy atom. The number of ether oxygens (including phenoxy) is 1. The molecule has 0 aliphatic rings. The molecule has 7 nitrogen and oxygen atoms in total. The minimum Gasteiger partial charge on any atom is -0.489 e. The van der Waals surface area contributed by atoms with Gasteiger partial charge < -0.3 is 15.4 Å². The summed E-state index contributed by atoms with van der Waals surface area (Å²) in [5.74, 6) is 0.707. The zero-order valence-corrected chi connectivity index (χ0v) is 16.5. The van der Waals surface area contributed by atoms with Crippen LogP contribution in [0.2, 0.25) is 0 Å². The molecule has 1 aromatic heterocycles. The van der Waals surface area contributed by atoms with E-state index in [1.165, 1.54) is 19.3 Å². The number of benzene rings is 2. The number of Topliss-reactive ketones (excluding diaryl/α,β-unsaturated/α-hetero) is 1. The molecule has 148 valence electrons. The van der Waals surface area contributed by atoms with E-state index in [9.17, 15) is 9.59 Å². The van der Waals surface area contributed by atoms with Gasteiger partial charge in [0.15, 0.2) is 5.78 Å². The van der Waals surface area contributed by atoms with Gasteiger partial charge in [-0.05, 0) is 57.2 Å². The van der Waals surface area contributed by atoms with Crippen LogP contribution in [-0.4, -0.2) is 27.8 Å². The summed E-state index contributed by atoms with van der Waals surface area (Å²) in [7, 11) is 0. The zero-order valence-electron chi connectivity index (χ0n) is 16.5.